The molecule has 4 rings (SSSR count). The fourth-order valence-electron chi connectivity index (χ4n) is 3.08. The standard InChI is InChI=1S/C18H14Cl2N2O3/c19-12-5-6-13(20)16-15(12)18(25,17(24)21-16)9-14(23)10-1-3-11(4-2-10)22-7-8-22/h1-6,25H,7-9H2,(H,21,24)/t18-/m0/s1. The molecule has 2 N–H and O–H groups in total. The van der Waals surface area contributed by atoms with Gasteiger partial charge in [0.15, 0.2) is 11.4 Å². The second-order valence-corrected chi connectivity index (χ2v) is 7.04. The van der Waals surface area contributed by atoms with Gasteiger partial charge in [0.2, 0.25) is 0 Å². The number of halogens is 2. The molecule has 0 saturated carbocycles. The fraction of sp³-hybridized carbons (Fsp3) is 0.222. The zero-order chi connectivity index (χ0) is 17.8. The van der Waals surface area contributed by atoms with E-state index in [4.69, 9.17) is 23.2 Å². The van der Waals surface area contributed by atoms with E-state index >= 15 is 0 Å². The number of nitrogens with one attached hydrogen (secondary N) is 1. The minimum absolute atomic E-state index is 0.153. The topological polar surface area (TPSA) is 69.4 Å². The van der Waals surface area contributed by atoms with E-state index in [0.717, 1.165) is 18.8 Å². The Labute approximate surface area is 154 Å². The molecular weight excluding hydrogens is 363 g/mol. The number of carbonyl (C=O) groups excluding carboxylic acids is 2. The van der Waals surface area contributed by atoms with Crippen molar-refractivity contribution in [2.24, 2.45) is 0 Å². The van der Waals surface area contributed by atoms with Crippen LogP contribution in [0.3, 0.4) is 0 Å². The lowest BCUT2D eigenvalue weighted by molar-refractivity contribution is -0.133. The van der Waals surface area contributed by atoms with Gasteiger partial charge >= 0.3 is 0 Å². The van der Waals surface area contributed by atoms with Crippen molar-refractivity contribution in [3.05, 3.63) is 57.6 Å². The average molecular weight is 377 g/mol. The Balaban J connectivity index is 1.65. The van der Waals surface area contributed by atoms with Crippen molar-refractivity contribution in [3.8, 4) is 0 Å². The van der Waals surface area contributed by atoms with Gasteiger partial charge in [0, 0.05) is 34.9 Å². The normalized spacial score (nSPS) is 21.1. The number of hydrogen-bond donors (Lipinski definition) is 2. The van der Waals surface area contributed by atoms with E-state index in [1.54, 1.807) is 12.1 Å². The van der Waals surface area contributed by atoms with E-state index in [2.05, 4.69) is 10.2 Å². The lowest BCUT2D eigenvalue weighted by atomic mass is 9.88. The van der Waals surface area contributed by atoms with Crippen molar-refractivity contribution in [3.63, 3.8) is 0 Å². The Kier molecular flexibility index (Phi) is 3.76. The summed E-state index contributed by atoms with van der Waals surface area (Å²) < 4.78 is 0. The van der Waals surface area contributed by atoms with Gasteiger partial charge in [0.1, 0.15) is 0 Å². The van der Waals surface area contributed by atoms with Gasteiger partial charge in [0.05, 0.1) is 17.1 Å². The van der Waals surface area contributed by atoms with Crippen LogP contribution in [-0.4, -0.2) is 29.9 Å². The van der Waals surface area contributed by atoms with Gasteiger partial charge in [0.25, 0.3) is 5.91 Å². The number of carbonyl (C=O) groups is 2. The molecule has 2 aliphatic rings. The molecule has 2 aliphatic heterocycles. The van der Waals surface area contributed by atoms with Crippen molar-refractivity contribution in [1.82, 2.24) is 0 Å². The van der Waals surface area contributed by atoms with Gasteiger partial charge in [-0.05, 0) is 36.4 Å². The van der Waals surface area contributed by atoms with Crippen LogP contribution in [0.5, 0.6) is 0 Å². The fourth-order valence-corrected chi connectivity index (χ4v) is 3.60. The van der Waals surface area contributed by atoms with Gasteiger partial charge in [-0.3, -0.25) is 9.59 Å². The molecule has 0 aliphatic carbocycles. The summed E-state index contributed by atoms with van der Waals surface area (Å²) in [5, 5.41) is 13.9. The van der Waals surface area contributed by atoms with E-state index in [-0.39, 0.29) is 27.1 Å². The molecule has 5 nitrogen and oxygen atoms in total. The maximum atomic E-state index is 12.6. The van der Waals surface area contributed by atoms with Crippen LogP contribution < -0.4 is 10.2 Å². The second-order valence-electron chi connectivity index (χ2n) is 6.23. The average Bonchev–Trinajstić information content (AvgIpc) is 3.39. The summed E-state index contributed by atoms with van der Waals surface area (Å²) in [4.78, 5) is 27.1. The highest BCUT2D eigenvalue weighted by Crippen LogP contribution is 2.46. The number of ketones is 1. The lowest BCUT2D eigenvalue weighted by Crippen LogP contribution is -2.36. The zero-order valence-electron chi connectivity index (χ0n) is 13.1. The number of amides is 1. The Morgan fingerprint density at radius 2 is 1.76 bits per heavy atom. The number of nitrogens with zero attached hydrogens (tertiary/aromatic N) is 1. The molecule has 7 heteroatoms. The molecule has 2 aromatic rings. The number of anilines is 2. The molecule has 0 unspecified atom stereocenters. The number of aliphatic hydroxyl groups is 1. The molecule has 0 bridgehead atoms. The van der Waals surface area contributed by atoms with Gasteiger partial charge in [-0.1, -0.05) is 23.2 Å². The molecular formula is C18H14Cl2N2O3. The minimum Gasteiger partial charge on any atom is -0.375 e. The number of benzene rings is 2. The molecule has 1 atom stereocenters. The molecule has 25 heavy (non-hydrogen) atoms. The van der Waals surface area contributed by atoms with Gasteiger partial charge in [-0.25, -0.2) is 0 Å². The minimum atomic E-state index is -2.03. The van der Waals surface area contributed by atoms with Gasteiger partial charge in [-0.2, -0.15) is 0 Å². The van der Waals surface area contributed by atoms with E-state index in [9.17, 15) is 14.7 Å². The van der Waals surface area contributed by atoms with Crippen LogP contribution in [0.2, 0.25) is 10.0 Å². The summed E-state index contributed by atoms with van der Waals surface area (Å²) in [5.41, 5.74) is -0.146. The van der Waals surface area contributed by atoms with E-state index in [0.29, 0.717) is 5.56 Å². The van der Waals surface area contributed by atoms with Crippen LogP contribution in [0, 0.1) is 0 Å². The highest BCUT2D eigenvalue weighted by atomic mass is 35.5. The SMILES string of the molecule is O=C(C[C@@]1(O)C(=O)Nc2c(Cl)ccc(Cl)c21)c1ccc(N2CC2)cc1. The van der Waals surface area contributed by atoms with E-state index in [1.165, 1.54) is 12.1 Å². The first-order valence-electron chi connectivity index (χ1n) is 7.81. The third kappa shape index (κ3) is 2.68. The van der Waals surface area contributed by atoms with Crippen LogP contribution >= 0.6 is 23.2 Å². The highest BCUT2D eigenvalue weighted by molar-refractivity contribution is 6.38. The van der Waals surface area contributed by atoms with Crippen LogP contribution in [0.1, 0.15) is 22.3 Å². The largest absolute Gasteiger partial charge is 0.375 e. The quantitative estimate of drug-likeness (QED) is 0.634. The molecule has 1 amide bonds. The smallest absolute Gasteiger partial charge is 0.261 e. The summed E-state index contributed by atoms with van der Waals surface area (Å²) in [6.07, 6.45) is -0.408. The number of Topliss-reactive ketones (excluding diaryl/α,β-unsaturated/α-hetero) is 1. The maximum Gasteiger partial charge on any atom is 0.261 e. The van der Waals surface area contributed by atoms with Crippen LogP contribution in [0.25, 0.3) is 0 Å². The van der Waals surface area contributed by atoms with E-state index < -0.39 is 17.9 Å². The Morgan fingerprint density at radius 1 is 1.12 bits per heavy atom. The molecule has 0 aromatic heterocycles. The predicted octanol–water partition coefficient (Wildman–Crippen LogP) is 3.23. The van der Waals surface area contributed by atoms with Crippen molar-refractivity contribution in [2.45, 2.75) is 12.0 Å². The molecule has 128 valence electrons. The highest BCUT2D eigenvalue weighted by Gasteiger charge is 2.49. The first kappa shape index (κ1) is 16.4. The molecule has 1 saturated heterocycles. The number of hydrogen-bond acceptors (Lipinski definition) is 4. The van der Waals surface area contributed by atoms with Gasteiger partial charge < -0.3 is 15.3 Å². The number of fused-ring (bicyclic) bond motifs is 1. The molecule has 2 heterocycles. The van der Waals surface area contributed by atoms with Crippen LogP contribution in [-0.2, 0) is 10.4 Å². The van der Waals surface area contributed by atoms with E-state index in [1.807, 2.05) is 12.1 Å². The zero-order valence-corrected chi connectivity index (χ0v) is 14.6. The molecule has 2 aromatic carbocycles. The van der Waals surface area contributed by atoms with Crippen molar-refractivity contribution >= 4 is 46.3 Å². The Bertz CT molecular complexity index is 894. The Morgan fingerprint density at radius 3 is 2.40 bits per heavy atom. The first-order valence-corrected chi connectivity index (χ1v) is 8.56. The van der Waals surface area contributed by atoms with Crippen molar-refractivity contribution < 1.29 is 14.7 Å². The molecule has 1 fully saturated rings. The van der Waals surface area contributed by atoms with Crippen LogP contribution in [0.15, 0.2) is 36.4 Å². The monoisotopic (exact) mass is 376 g/mol. The lowest BCUT2D eigenvalue weighted by Gasteiger charge is -2.21. The summed E-state index contributed by atoms with van der Waals surface area (Å²) in [6, 6.07) is 10.1. The van der Waals surface area contributed by atoms with Crippen molar-refractivity contribution in [1.29, 1.82) is 0 Å². The third-order valence-electron chi connectivity index (χ3n) is 4.55. The van der Waals surface area contributed by atoms with Crippen LogP contribution in [0.4, 0.5) is 11.4 Å². The second kappa shape index (κ2) is 5.73. The molecule has 0 radical (unpaired) electrons. The third-order valence-corrected chi connectivity index (χ3v) is 5.18. The summed E-state index contributed by atoms with van der Waals surface area (Å²) >= 11 is 12.2. The predicted molar refractivity (Wildman–Crippen MR) is 96.6 cm³/mol. The number of rotatable bonds is 4. The first-order chi connectivity index (χ1) is 11.9. The summed E-state index contributed by atoms with van der Waals surface area (Å²) in [7, 11) is 0. The van der Waals surface area contributed by atoms with Gasteiger partial charge in [-0.15, -0.1) is 0 Å². The summed E-state index contributed by atoms with van der Waals surface area (Å²) in [6.45, 7) is 2.03. The maximum absolute atomic E-state index is 12.6. The Hall–Kier alpha value is -2.08. The molecule has 0 spiro atoms. The summed E-state index contributed by atoms with van der Waals surface area (Å²) in [5.74, 6) is -1.05. The van der Waals surface area contributed by atoms with Crippen molar-refractivity contribution in [2.75, 3.05) is 23.3 Å².